The van der Waals surface area contributed by atoms with Crippen LogP contribution in [0.2, 0.25) is 0 Å². The molecule has 4 amide bonds. The standard InChI is InChI=1S/C40H45N9O7/c1-19(2)30(46-39(52)53)37(50)48-14-7-9-28(48)36-43-26-18-41-25-16-21(10-12-23(25)32(26)44-36)29-17-22-11-13-24-33(34(22)56-29)45-35(42-24)27-8-6-15-49(27)38(51)31(20(3)4)47-40(54)55-5/h10-13,16-20,27-28,30-31,46H,6-9,14-15H2,1-5H3,(H,42,45)(H,43,44)(H,47,54)(H,52,53)/t27-,28-,30-,31-/m0/s1. The van der Waals surface area contributed by atoms with E-state index in [9.17, 15) is 24.3 Å². The normalized spacial score (nSPS) is 18.5. The predicted molar refractivity (Wildman–Crippen MR) is 208 cm³/mol. The number of methoxy groups -OCH3 is 1. The summed E-state index contributed by atoms with van der Waals surface area (Å²) in [5, 5.41) is 16.1. The Hall–Kier alpha value is -6.19. The Morgan fingerprint density at radius 1 is 0.839 bits per heavy atom. The zero-order valence-corrected chi connectivity index (χ0v) is 31.9. The molecule has 56 heavy (non-hydrogen) atoms. The Bertz CT molecular complexity index is 2500. The number of H-pyrrole nitrogens is 2. The molecule has 4 atom stereocenters. The molecule has 2 fully saturated rings. The number of nitrogens with one attached hydrogen (secondary N) is 4. The third kappa shape index (κ3) is 6.51. The van der Waals surface area contributed by atoms with Gasteiger partial charge in [-0.1, -0.05) is 33.8 Å². The molecular weight excluding hydrogens is 718 g/mol. The highest BCUT2D eigenvalue weighted by atomic mass is 16.5. The summed E-state index contributed by atoms with van der Waals surface area (Å²) in [7, 11) is 1.28. The fraction of sp³-hybridized carbons (Fsp3) is 0.425. The largest absolute Gasteiger partial charge is 0.465 e. The molecule has 6 heterocycles. The molecule has 292 valence electrons. The second-order valence-electron chi connectivity index (χ2n) is 15.4. The number of hydrogen-bond acceptors (Lipinski definition) is 9. The van der Waals surface area contributed by atoms with E-state index < -0.39 is 24.3 Å². The van der Waals surface area contributed by atoms with Crippen molar-refractivity contribution in [1.82, 2.24) is 45.4 Å². The number of furan rings is 1. The Kier molecular flexibility index (Phi) is 9.50. The number of amides is 4. The number of likely N-dealkylation sites (tertiary alicyclic amines) is 2. The molecule has 0 bridgehead atoms. The first-order chi connectivity index (χ1) is 26.9. The second-order valence-corrected chi connectivity index (χ2v) is 15.4. The molecule has 16 nitrogen and oxygen atoms in total. The quantitative estimate of drug-likeness (QED) is 0.109. The van der Waals surface area contributed by atoms with Crippen LogP contribution in [-0.4, -0.2) is 96.1 Å². The van der Waals surface area contributed by atoms with E-state index in [2.05, 4.69) is 20.6 Å². The summed E-state index contributed by atoms with van der Waals surface area (Å²) in [6.07, 6.45) is 2.90. The SMILES string of the molecule is COC(=O)N[C@H](C(=O)N1CCC[C@H]1c1nc2c(ccc3cc(-c4ccc5c(c4)ncc4[nH]c([C@@H]6CCCN6C(=O)[C@@H](NC(=O)O)C(C)C)nc45)oc32)[nH]1)C(C)C. The van der Waals surface area contributed by atoms with Crippen molar-refractivity contribution in [3.05, 3.63) is 54.2 Å². The summed E-state index contributed by atoms with van der Waals surface area (Å²) in [5.74, 6) is 1.17. The number of imidazole rings is 2. The molecular formula is C40H45N9O7. The fourth-order valence-electron chi connectivity index (χ4n) is 8.21. The molecule has 0 saturated carbocycles. The maximum atomic E-state index is 13.7. The van der Waals surface area contributed by atoms with Gasteiger partial charge in [0, 0.05) is 29.4 Å². The van der Waals surface area contributed by atoms with E-state index in [-0.39, 0.29) is 35.7 Å². The maximum absolute atomic E-state index is 13.7. The molecule has 2 aromatic carbocycles. The summed E-state index contributed by atoms with van der Waals surface area (Å²) in [5.41, 5.74) is 5.10. The van der Waals surface area contributed by atoms with Gasteiger partial charge in [-0.15, -0.1) is 0 Å². The zero-order chi connectivity index (χ0) is 39.4. The number of aromatic amines is 2. The van der Waals surface area contributed by atoms with Crippen molar-refractivity contribution >= 4 is 67.9 Å². The molecule has 2 aliphatic heterocycles. The number of pyridine rings is 1. The third-order valence-corrected chi connectivity index (χ3v) is 11.1. The van der Waals surface area contributed by atoms with Crippen molar-refractivity contribution in [3.8, 4) is 11.3 Å². The molecule has 16 heteroatoms. The summed E-state index contributed by atoms with van der Waals surface area (Å²) in [4.78, 5) is 75.7. The number of ether oxygens (including phenoxy) is 1. The van der Waals surface area contributed by atoms with E-state index >= 15 is 0 Å². The Morgan fingerprint density at radius 2 is 1.46 bits per heavy atom. The summed E-state index contributed by atoms with van der Waals surface area (Å²) in [6, 6.07) is 9.63. The van der Waals surface area contributed by atoms with Gasteiger partial charge in [0.15, 0.2) is 5.58 Å². The van der Waals surface area contributed by atoms with E-state index in [0.717, 1.165) is 57.7 Å². The van der Waals surface area contributed by atoms with Crippen LogP contribution in [-0.2, 0) is 14.3 Å². The third-order valence-electron chi connectivity index (χ3n) is 11.1. The van der Waals surface area contributed by atoms with Crippen molar-refractivity contribution in [2.24, 2.45) is 11.8 Å². The van der Waals surface area contributed by atoms with Gasteiger partial charge in [0.2, 0.25) is 11.8 Å². The lowest BCUT2D eigenvalue weighted by molar-refractivity contribution is -0.136. The molecule has 2 saturated heterocycles. The van der Waals surface area contributed by atoms with Crippen molar-refractivity contribution in [2.75, 3.05) is 20.2 Å². The van der Waals surface area contributed by atoms with E-state index in [1.54, 1.807) is 16.0 Å². The number of nitrogens with zero attached hydrogens (tertiary/aromatic N) is 5. The number of carbonyl (C=O) groups is 4. The van der Waals surface area contributed by atoms with Gasteiger partial charge in [-0.05, 0) is 67.9 Å². The highest BCUT2D eigenvalue weighted by Gasteiger charge is 2.39. The van der Waals surface area contributed by atoms with Crippen LogP contribution in [0, 0.1) is 11.8 Å². The van der Waals surface area contributed by atoms with Crippen LogP contribution in [0.5, 0.6) is 0 Å². The lowest BCUT2D eigenvalue weighted by Crippen LogP contribution is -2.51. The number of carbonyl (C=O) groups excluding carboxylic acids is 3. The first-order valence-corrected chi connectivity index (χ1v) is 19.1. The maximum Gasteiger partial charge on any atom is 0.407 e. The zero-order valence-electron chi connectivity index (χ0n) is 31.9. The summed E-state index contributed by atoms with van der Waals surface area (Å²) < 4.78 is 11.3. The van der Waals surface area contributed by atoms with Gasteiger partial charge < -0.3 is 44.7 Å². The van der Waals surface area contributed by atoms with Gasteiger partial charge in [0.25, 0.3) is 0 Å². The van der Waals surface area contributed by atoms with Gasteiger partial charge in [-0.25, -0.2) is 19.6 Å². The number of carboxylic acid groups (broad SMARTS) is 1. The van der Waals surface area contributed by atoms with E-state index in [4.69, 9.17) is 24.1 Å². The number of rotatable bonds is 9. The predicted octanol–water partition coefficient (Wildman–Crippen LogP) is 6.40. The average molecular weight is 764 g/mol. The van der Waals surface area contributed by atoms with Crippen LogP contribution >= 0.6 is 0 Å². The van der Waals surface area contributed by atoms with Gasteiger partial charge in [-0.2, -0.15) is 0 Å². The van der Waals surface area contributed by atoms with Crippen molar-refractivity contribution in [2.45, 2.75) is 77.5 Å². The fourth-order valence-corrected chi connectivity index (χ4v) is 8.21. The highest BCUT2D eigenvalue weighted by Crippen LogP contribution is 2.38. The van der Waals surface area contributed by atoms with Gasteiger partial charge in [0.1, 0.15) is 35.0 Å². The minimum atomic E-state index is -1.23. The van der Waals surface area contributed by atoms with Gasteiger partial charge >= 0.3 is 12.2 Å². The van der Waals surface area contributed by atoms with Crippen LogP contribution in [0.25, 0.3) is 55.3 Å². The van der Waals surface area contributed by atoms with E-state index in [0.29, 0.717) is 48.0 Å². The Balaban J connectivity index is 1.07. The molecule has 0 unspecified atom stereocenters. The highest BCUT2D eigenvalue weighted by molar-refractivity contribution is 6.05. The smallest absolute Gasteiger partial charge is 0.407 e. The minimum Gasteiger partial charge on any atom is -0.465 e. The lowest BCUT2D eigenvalue weighted by Gasteiger charge is -2.29. The first-order valence-electron chi connectivity index (χ1n) is 19.1. The molecule has 8 rings (SSSR count). The van der Waals surface area contributed by atoms with Crippen LogP contribution in [0.15, 0.2) is 47.0 Å². The van der Waals surface area contributed by atoms with E-state index in [1.165, 1.54) is 7.11 Å². The Morgan fingerprint density at radius 3 is 2.09 bits per heavy atom. The van der Waals surface area contributed by atoms with Crippen LogP contribution in [0.3, 0.4) is 0 Å². The van der Waals surface area contributed by atoms with Crippen LogP contribution < -0.4 is 10.6 Å². The Labute approximate surface area is 321 Å². The van der Waals surface area contributed by atoms with Gasteiger partial charge in [0.05, 0.1) is 47.5 Å². The van der Waals surface area contributed by atoms with E-state index in [1.807, 2.05) is 64.1 Å². The number of hydrogen-bond donors (Lipinski definition) is 5. The second kappa shape index (κ2) is 14.5. The number of fused-ring (bicyclic) bond motifs is 6. The molecule has 2 aliphatic rings. The van der Waals surface area contributed by atoms with Crippen LogP contribution in [0.4, 0.5) is 9.59 Å². The van der Waals surface area contributed by atoms with Crippen molar-refractivity contribution in [3.63, 3.8) is 0 Å². The average Bonchev–Trinajstić information content (AvgIpc) is 4.02. The first kappa shape index (κ1) is 36.8. The number of aromatic nitrogens is 5. The molecule has 0 aliphatic carbocycles. The molecule has 0 radical (unpaired) electrons. The number of alkyl carbamates (subject to hydrolysis) is 1. The van der Waals surface area contributed by atoms with Crippen molar-refractivity contribution < 1.29 is 33.4 Å². The topological polar surface area (TPSA) is 212 Å². The molecule has 0 spiro atoms. The molecule has 5 N–H and O–H groups in total. The summed E-state index contributed by atoms with van der Waals surface area (Å²) in [6.45, 7) is 8.49. The molecule has 6 aromatic rings. The van der Waals surface area contributed by atoms with Gasteiger partial charge in [-0.3, -0.25) is 14.6 Å². The van der Waals surface area contributed by atoms with Crippen molar-refractivity contribution in [1.29, 1.82) is 0 Å². The minimum absolute atomic E-state index is 0.137. The van der Waals surface area contributed by atoms with Crippen LogP contribution in [0.1, 0.15) is 77.1 Å². The number of benzene rings is 2. The lowest BCUT2D eigenvalue weighted by atomic mass is 10.0. The summed E-state index contributed by atoms with van der Waals surface area (Å²) >= 11 is 0. The monoisotopic (exact) mass is 763 g/mol. The molecule has 4 aromatic heterocycles.